The fraction of sp³-hybridized carbons (Fsp3) is 0.923. The molecule has 6 atom stereocenters. The van der Waals surface area contributed by atoms with Crippen molar-refractivity contribution in [1.82, 2.24) is 0 Å². The topological polar surface area (TPSA) is 116 Å². The van der Waals surface area contributed by atoms with E-state index in [1.807, 2.05) is 0 Å². The van der Waals surface area contributed by atoms with Crippen molar-refractivity contribution in [2.75, 3.05) is 0 Å². The lowest BCUT2D eigenvalue weighted by Crippen LogP contribution is -2.48. The van der Waals surface area contributed by atoms with E-state index in [-0.39, 0.29) is 18.9 Å². The van der Waals surface area contributed by atoms with Gasteiger partial charge in [0, 0.05) is 6.42 Å². The van der Waals surface area contributed by atoms with Gasteiger partial charge < -0.3 is 29.9 Å². The number of hydrogen-bond acceptors (Lipinski definition) is 6. The Balaban J connectivity index is 2.31. The van der Waals surface area contributed by atoms with E-state index in [2.05, 4.69) is 0 Å². The summed E-state index contributed by atoms with van der Waals surface area (Å²) < 4.78 is 10.9. The highest BCUT2D eigenvalue weighted by Crippen LogP contribution is 2.23. The molecule has 0 bridgehead atoms. The Morgan fingerprint density at radius 1 is 1.35 bits per heavy atom. The molecule has 0 aliphatic carbocycles. The molecule has 0 aromatic heterocycles. The average Bonchev–Trinajstić information content (AvgIpc) is 2.32. The molecule has 0 spiro atoms. The molecule has 0 aromatic rings. The van der Waals surface area contributed by atoms with Crippen molar-refractivity contribution in [2.24, 2.45) is 0 Å². The van der Waals surface area contributed by atoms with E-state index >= 15 is 0 Å². The van der Waals surface area contributed by atoms with Gasteiger partial charge >= 0.3 is 5.97 Å². The van der Waals surface area contributed by atoms with Crippen molar-refractivity contribution in [1.29, 1.82) is 0 Å². The van der Waals surface area contributed by atoms with Gasteiger partial charge in [-0.05, 0) is 26.7 Å². The van der Waals surface area contributed by atoms with E-state index in [0.29, 0.717) is 12.8 Å². The molecule has 1 rings (SSSR count). The summed E-state index contributed by atoms with van der Waals surface area (Å²) in [6, 6.07) is 0. The normalized spacial score (nSPS) is 33.6. The van der Waals surface area contributed by atoms with Gasteiger partial charge in [-0.25, -0.2) is 0 Å². The first kappa shape index (κ1) is 17.3. The summed E-state index contributed by atoms with van der Waals surface area (Å²) in [5.74, 6) is -1.04. The molecular weight excluding hydrogens is 268 g/mol. The number of hydrogen-bond donors (Lipinski definition) is 4. The maximum absolute atomic E-state index is 10.4. The minimum Gasteiger partial charge on any atom is -0.481 e. The molecule has 4 unspecified atom stereocenters. The molecule has 20 heavy (non-hydrogen) atoms. The number of aliphatic hydroxyl groups is 3. The zero-order valence-electron chi connectivity index (χ0n) is 11.8. The summed E-state index contributed by atoms with van der Waals surface area (Å²) in [4.78, 5) is 10.4. The molecular formula is C13H24O7. The quantitative estimate of drug-likeness (QED) is 0.516. The first-order valence-corrected chi connectivity index (χ1v) is 6.86. The lowest BCUT2D eigenvalue weighted by atomic mass is 10.0. The van der Waals surface area contributed by atoms with Crippen LogP contribution in [-0.4, -0.2) is 63.2 Å². The molecule has 0 radical (unpaired) electrons. The second-order valence-corrected chi connectivity index (χ2v) is 5.36. The number of aliphatic carboxylic acids is 1. The van der Waals surface area contributed by atoms with E-state index in [4.69, 9.17) is 14.6 Å². The maximum atomic E-state index is 10.4. The highest BCUT2D eigenvalue weighted by atomic mass is 16.7. The van der Waals surface area contributed by atoms with Gasteiger partial charge in [-0.2, -0.15) is 0 Å². The van der Waals surface area contributed by atoms with Crippen LogP contribution in [0.25, 0.3) is 0 Å². The minimum atomic E-state index is -1.04. The van der Waals surface area contributed by atoms with Crippen molar-refractivity contribution in [2.45, 2.75) is 76.3 Å². The highest BCUT2D eigenvalue weighted by molar-refractivity contribution is 5.67. The molecule has 1 heterocycles. The van der Waals surface area contributed by atoms with Crippen molar-refractivity contribution < 1.29 is 34.7 Å². The zero-order chi connectivity index (χ0) is 15.3. The molecule has 118 valence electrons. The molecule has 7 heteroatoms. The second kappa shape index (κ2) is 7.90. The van der Waals surface area contributed by atoms with Crippen LogP contribution in [-0.2, 0) is 14.3 Å². The summed E-state index contributed by atoms with van der Waals surface area (Å²) in [5.41, 5.74) is 0. The Morgan fingerprint density at radius 2 is 2.00 bits per heavy atom. The third kappa shape index (κ3) is 5.72. The second-order valence-electron chi connectivity index (χ2n) is 5.36. The number of carboxylic acids is 1. The summed E-state index contributed by atoms with van der Waals surface area (Å²) in [6.07, 6.45) is -3.36. The Hall–Kier alpha value is -0.730. The standard InChI is InChI=1S/C13H24O7/c1-7(3-4-9(14)5-12(17)18)19-13-11(16)6-10(15)8(2)20-13/h7-11,13-16H,3-6H2,1-2H3,(H,17,18)/t7-,8?,9-,10?,11?,13?/m1/s1. The molecule has 4 N–H and O–H groups in total. The van der Waals surface area contributed by atoms with Gasteiger partial charge in [0.2, 0.25) is 0 Å². The Labute approximate surface area is 118 Å². The smallest absolute Gasteiger partial charge is 0.305 e. The summed E-state index contributed by atoms with van der Waals surface area (Å²) in [6.45, 7) is 3.47. The van der Waals surface area contributed by atoms with Crippen LogP contribution in [0, 0.1) is 0 Å². The maximum Gasteiger partial charge on any atom is 0.305 e. The zero-order valence-corrected chi connectivity index (χ0v) is 11.8. The average molecular weight is 292 g/mol. The lowest BCUT2D eigenvalue weighted by Gasteiger charge is -2.36. The van der Waals surface area contributed by atoms with Crippen LogP contribution in [0.4, 0.5) is 0 Å². The third-order valence-corrected chi connectivity index (χ3v) is 3.37. The number of carbonyl (C=O) groups is 1. The number of aliphatic hydroxyl groups excluding tert-OH is 3. The van der Waals surface area contributed by atoms with Gasteiger partial charge in [-0.3, -0.25) is 4.79 Å². The molecule has 1 aliphatic heterocycles. The highest BCUT2D eigenvalue weighted by Gasteiger charge is 2.35. The molecule has 1 fully saturated rings. The van der Waals surface area contributed by atoms with Crippen LogP contribution < -0.4 is 0 Å². The van der Waals surface area contributed by atoms with Crippen LogP contribution in [0.5, 0.6) is 0 Å². The predicted molar refractivity (Wildman–Crippen MR) is 69.0 cm³/mol. The SMILES string of the molecule is CC1OC(O[C@H](C)CC[C@@H](O)CC(=O)O)C(O)CC1O. The third-order valence-electron chi connectivity index (χ3n) is 3.37. The lowest BCUT2D eigenvalue weighted by molar-refractivity contribution is -0.273. The van der Waals surface area contributed by atoms with Crippen LogP contribution in [0.1, 0.15) is 39.5 Å². The predicted octanol–water partition coefficient (Wildman–Crippen LogP) is -0.136. The van der Waals surface area contributed by atoms with Crippen LogP contribution >= 0.6 is 0 Å². The summed E-state index contributed by atoms with van der Waals surface area (Å²) >= 11 is 0. The van der Waals surface area contributed by atoms with Crippen molar-refractivity contribution in [3.63, 3.8) is 0 Å². The molecule has 1 aliphatic rings. The van der Waals surface area contributed by atoms with Gasteiger partial charge in [0.1, 0.15) is 6.10 Å². The first-order chi connectivity index (χ1) is 9.29. The number of ether oxygens (including phenoxy) is 2. The molecule has 0 amide bonds. The molecule has 0 saturated carbocycles. The number of rotatable bonds is 7. The van der Waals surface area contributed by atoms with E-state index < -0.39 is 36.7 Å². The number of carboxylic acid groups (broad SMARTS) is 1. The largest absolute Gasteiger partial charge is 0.481 e. The van der Waals surface area contributed by atoms with Crippen LogP contribution in [0.15, 0.2) is 0 Å². The van der Waals surface area contributed by atoms with Gasteiger partial charge in [0.25, 0.3) is 0 Å². The van der Waals surface area contributed by atoms with Gasteiger partial charge in [-0.15, -0.1) is 0 Å². The van der Waals surface area contributed by atoms with Crippen LogP contribution in [0.2, 0.25) is 0 Å². The van der Waals surface area contributed by atoms with Gasteiger partial charge in [-0.1, -0.05) is 0 Å². The fourth-order valence-electron chi connectivity index (χ4n) is 2.09. The monoisotopic (exact) mass is 292 g/mol. The molecule has 0 aromatic carbocycles. The van der Waals surface area contributed by atoms with Crippen molar-refractivity contribution >= 4 is 5.97 Å². The van der Waals surface area contributed by atoms with E-state index in [1.165, 1.54) is 0 Å². The van der Waals surface area contributed by atoms with Gasteiger partial charge in [0.15, 0.2) is 6.29 Å². The summed E-state index contributed by atoms with van der Waals surface area (Å²) in [5, 5.41) is 37.3. The first-order valence-electron chi connectivity index (χ1n) is 6.86. The van der Waals surface area contributed by atoms with E-state index in [9.17, 15) is 20.1 Å². The fourth-order valence-corrected chi connectivity index (χ4v) is 2.09. The molecule has 7 nitrogen and oxygen atoms in total. The Morgan fingerprint density at radius 3 is 2.60 bits per heavy atom. The Bertz CT molecular complexity index is 309. The van der Waals surface area contributed by atoms with E-state index in [1.54, 1.807) is 13.8 Å². The van der Waals surface area contributed by atoms with Crippen LogP contribution in [0.3, 0.4) is 0 Å². The van der Waals surface area contributed by atoms with Crippen molar-refractivity contribution in [3.8, 4) is 0 Å². The Kier molecular flexibility index (Phi) is 6.84. The van der Waals surface area contributed by atoms with Crippen molar-refractivity contribution in [3.05, 3.63) is 0 Å². The summed E-state index contributed by atoms with van der Waals surface area (Å²) in [7, 11) is 0. The molecule has 1 saturated heterocycles. The van der Waals surface area contributed by atoms with Gasteiger partial charge in [0.05, 0.1) is 30.8 Å². The van der Waals surface area contributed by atoms with E-state index in [0.717, 1.165) is 0 Å². The minimum absolute atomic E-state index is 0.195.